The maximum Gasteiger partial charge on any atom is 0.141 e. The van der Waals surface area contributed by atoms with Crippen molar-refractivity contribution in [2.45, 2.75) is 20.4 Å². The fourth-order valence-electron chi connectivity index (χ4n) is 3.30. The van der Waals surface area contributed by atoms with Crippen molar-refractivity contribution >= 4 is 11.0 Å². The van der Waals surface area contributed by atoms with Gasteiger partial charge in [0.15, 0.2) is 0 Å². The molecule has 0 fully saturated rings. The number of ether oxygens (including phenoxy) is 1. The van der Waals surface area contributed by atoms with Gasteiger partial charge in [-0.15, -0.1) is 0 Å². The number of fused-ring (bicyclic) bond motifs is 1. The van der Waals surface area contributed by atoms with E-state index < -0.39 is 0 Å². The van der Waals surface area contributed by atoms with Crippen molar-refractivity contribution in [3.05, 3.63) is 83.4 Å². The molecule has 3 aromatic carbocycles. The summed E-state index contributed by atoms with van der Waals surface area (Å²) in [5.41, 5.74) is 6.99. The zero-order valence-electron chi connectivity index (χ0n) is 15.4. The van der Waals surface area contributed by atoms with Gasteiger partial charge in [0, 0.05) is 18.2 Å². The summed E-state index contributed by atoms with van der Waals surface area (Å²) >= 11 is 0. The Labute approximate surface area is 153 Å². The van der Waals surface area contributed by atoms with Gasteiger partial charge < -0.3 is 9.30 Å². The Morgan fingerprint density at radius 2 is 1.69 bits per heavy atom. The number of hydrogen-bond donors (Lipinski definition) is 0. The second-order valence-electron chi connectivity index (χ2n) is 6.68. The number of benzene rings is 3. The maximum atomic E-state index is 5.38. The minimum absolute atomic E-state index is 0.785. The number of methoxy groups -OCH3 is 1. The Morgan fingerprint density at radius 3 is 2.42 bits per heavy atom. The summed E-state index contributed by atoms with van der Waals surface area (Å²) < 4.78 is 7.68. The van der Waals surface area contributed by atoms with Crippen LogP contribution in [0.1, 0.15) is 16.7 Å². The first-order valence-electron chi connectivity index (χ1n) is 8.81. The van der Waals surface area contributed by atoms with Gasteiger partial charge in [0.1, 0.15) is 11.6 Å². The molecule has 0 unspecified atom stereocenters. The Balaban J connectivity index is 1.91. The number of imidazole rings is 1. The minimum Gasteiger partial charge on any atom is -0.497 e. The first kappa shape index (κ1) is 16.4. The van der Waals surface area contributed by atoms with Crippen LogP contribution in [0.5, 0.6) is 5.75 Å². The van der Waals surface area contributed by atoms with Gasteiger partial charge >= 0.3 is 0 Å². The third-order valence-electron chi connectivity index (χ3n) is 4.80. The van der Waals surface area contributed by atoms with E-state index in [1.807, 2.05) is 12.1 Å². The fraction of sp³-hybridized carbons (Fsp3) is 0.174. The quantitative estimate of drug-likeness (QED) is 0.498. The molecule has 4 rings (SSSR count). The van der Waals surface area contributed by atoms with Crippen molar-refractivity contribution < 1.29 is 4.74 Å². The van der Waals surface area contributed by atoms with Crippen LogP contribution in [0.2, 0.25) is 0 Å². The maximum absolute atomic E-state index is 5.38. The molecule has 130 valence electrons. The third-order valence-corrected chi connectivity index (χ3v) is 4.80. The largest absolute Gasteiger partial charge is 0.497 e. The van der Waals surface area contributed by atoms with Crippen LogP contribution in [-0.2, 0) is 6.54 Å². The van der Waals surface area contributed by atoms with Crippen LogP contribution in [0.25, 0.3) is 22.4 Å². The van der Waals surface area contributed by atoms with Gasteiger partial charge in [0.2, 0.25) is 0 Å². The van der Waals surface area contributed by atoms with E-state index >= 15 is 0 Å². The predicted molar refractivity (Wildman–Crippen MR) is 107 cm³/mol. The second-order valence-corrected chi connectivity index (χ2v) is 6.68. The monoisotopic (exact) mass is 342 g/mol. The van der Waals surface area contributed by atoms with Gasteiger partial charge in [-0.3, -0.25) is 0 Å². The summed E-state index contributed by atoms with van der Waals surface area (Å²) in [5, 5.41) is 0. The summed E-state index contributed by atoms with van der Waals surface area (Å²) in [6, 6.07) is 23.2. The highest BCUT2D eigenvalue weighted by atomic mass is 16.5. The smallest absolute Gasteiger partial charge is 0.141 e. The first-order chi connectivity index (χ1) is 12.7. The van der Waals surface area contributed by atoms with Crippen LogP contribution < -0.4 is 4.74 Å². The van der Waals surface area contributed by atoms with Crippen molar-refractivity contribution in [2.75, 3.05) is 7.11 Å². The second kappa shape index (κ2) is 6.68. The summed E-state index contributed by atoms with van der Waals surface area (Å²) in [4.78, 5) is 4.95. The first-order valence-corrected chi connectivity index (χ1v) is 8.81. The Morgan fingerprint density at radius 1 is 0.923 bits per heavy atom. The zero-order chi connectivity index (χ0) is 18.1. The molecule has 0 aliphatic carbocycles. The van der Waals surface area contributed by atoms with Gasteiger partial charge in [0.05, 0.1) is 18.1 Å². The molecule has 26 heavy (non-hydrogen) atoms. The van der Waals surface area contributed by atoms with Crippen molar-refractivity contribution in [1.82, 2.24) is 9.55 Å². The highest BCUT2D eigenvalue weighted by Gasteiger charge is 2.15. The lowest BCUT2D eigenvalue weighted by atomic mass is 10.1. The van der Waals surface area contributed by atoms with Gasteiger partial charge in [0.25, 0.3) is 0 Å². The number of rotatable bonds is 4. The predicted octanol–water partition coefficient (Wildman–Crippen LogP) is 5.38. The van der Waals surface area contributed by atoms with E-state index in [2.05, 4.69) is 73.0 Å². The number of hydrogen-bond acceptors (Lipinski definition) is 2. The Hall–Kier alpha value is -3.07. The van der Waals surface area contributed by atoms with E-state index in [0.717, 1.165) is 34.7 Å². The van der Waals surface area contributed by atoms with Crippen LogP contribution in [0.15, 0.2) is 66.7 Å². The topological polar surface area (TPSA) is 27.1 Å². The molecule has 4 aromatic rings. The fourth-order valence-corrected chi connectivity index (χ4v) is 3.30. The van der Waals surface area contributed by atoms with Crippen molar-refractivity contribution in [1.29, 1.82) is 0 Å². The highest BCUT2D eigenvalue weighted by Crippen LogP contribution is 2.30. The minimum atomic E-state index is 0.785. The third kappa shape index (κ3) is 2.97. The van der Waals surface area contributed by atoms with Crippen molar-refractivity contribution in [2.24, 2.45) is 0 Å². The molecule has 0 saturated heterocycles. The lowest BCUT2D eigenvalue weighted by molar-refractivity contribution is 0.415. The molecule has 0 radical (unpaired) electrons. The molecule has 0 aliphatic heterocycles. The lowest BCUT2D eigenvalue weighted by Gasteiger charge is -2.12. The summed E-state index contributed by atoms with van der Waals surface area (Å²) in [5.74, 6) is 1.82. The Bertz CT molecular complexity index is 1060. The number of aromatic nitrogens is 2. The van der Waals surface area contributed by atoms with Crippen molar-refractivity contribution in [3.8, 4) is 17.1 Å². The number of aryl methyl sites for hydroxylation is 2. The molecule has 1 aromatic heterocycles. The molecular formula is C23H22N2O. The molecule has 1 heterocycles. The van der Waals surface area contributed by atoms with Crippen LogP contribution in [0.4, 0.5) is 0 Å². The molecule has 3 heteroatoms. The molecule has 0 saturated carbocycles. The van der Waals surface area contributed by atoms with Gasteiger partial charge in [-0.2, -0.15) is 0 Å². The standard InChI is InChI=1S/C23H22N2O/c1-16-8-10-18(11-9-16)15-25-22-13-12-19(26-3)14-21(22)24-23(25)20-7-5-4-6-17(20)2/h4-14H,15H2,1-3H3. The van der Waals surface area contributed by atoms with Gasteiger partial charge in [-0.05, 0) is 37.1 Å². The lowest BCUT2D eigenvalue weighted by Crippen LogP contribution is -2.03. The summed E-state index contributed by atoms with van der Waals surface area (Å²) in [6.07, 6.45) is 0. The molecule has 0 N–H and O–H groups in total. The summed E-state index contributed by atoms with van der Waals surface area (Å²) in [7, 11) is 1.69. The molecule has 0 amide bonds. The van der Waals surface area contributed by atoms with E-state index in [-0.39, 0.29) is 0 Å². The average molecular weight is 342 g/mol. The SMILES string of the molecule is COc1ccc2c(c1)nc(-c1ccccc1C)n2Cc1ccc(C)cc1. The van der Waals surface area contributed by atoms with E-state index in [1.165, 1.54) is 16.7 Å². The van der Waals surface area contributed by atoms with Crippen LogP contribution in [0.3, 0.4) is 0 Å². The van der Waals surface area contributed by atoms with Gasteiger partial charge in [-0.25, -0.2) is 4.98 Å². The molecular weight excluding hydrogens is 320 g/mol. The van der Waals surface area contributed by atoms with Crippen molar-refractivity contribution in [3.63, 3.8) is 0 Å². The molecule has 3 nitrogen and oxygen atoms in total. The van der Waals surface area contributed by atoms with E-state index in [9.17, 15) is 0 Å². The van der Waals surface area contributed by atoms with E-state index in [4.69, 9.17) is 9.72 Å². The van der Waals surface area contributed by atoms with Crippen LogP contribution in [0, 0.1) is 13.8 Å². The molecule has 0 spiro atoms. The van der Waals surface area contributed by atoms with E-state index in [1.54, 1.807) is 7.11 Å². The average Bonchev–Trinajstić information content (AvgIpc) is 3.01. The molecule has 0 bridgehead atoms. The van der Waals surface area contributed by atoms with Gasteiger partial charge in [-0.1, -0.05) is 54.1 Å². The molecule has 0 aliphatic rings. The van der Waals surface area contributed by atoms with Crippen LogP contribution >= 0.6 is 0 Å². The normalized spacial score (nSPS) is 11.0. The zero-order valence-corrected chi connectivity index (χ0v) is 15.4. The molecule has 0 atom stereocenters. The van der Waals surface area contributed by atoms with E-state index in [0.29, 0.717) is 0 Å². The number of nitrogens with zero attached hydrogens (tertiary/aromatic N) is 2. The Kier molecular flexibility index (Phi) is 4.21. The summed E-state index contributed by atoms with van der Waals surface area (Å²) in [6.45, 7) is 5.03. The van der Waals surface area contributed by atoms with Crippen LogP contribution in [-0.4, -0.2) is 16.7 Å². The highest BCUT2D eigenvalue weighted by molar-refractivity contribution is 5.82.